The minimum absolute atomic E-state index is 0.00951. The third-order valence-electron chi connectivity index (χ3n) is 15.0. The quantitative estimate of drug-likeness (QED) is 0.0378. The molecular weight excluding hydrogens is 1020 g/mol. The minimum atomic E-state index is -1.71. The van der Waals surface area contributed by atoms with Gasteiger partial charge in [-0.2, -0.15) is 0 Å². The molecule has 5 rings (SSSR count). The summed E-state index contributed by atoms with van der Waals surface area (Å²) in [5, 5.41) is 82.7. The number of nitrogens with two attached hydrogens (primary N) is 3. The lowest BCUT2D eigenvalue weighted by Crippen LogP contribution is -2.61. The number of hydrogen-bond acceptors (Lipinski definition) is 19. The first-order chi connectivity index (χ1) is 36.4. The van der Waals surface area contributed by atoms with Crippen molar-refractivity contribution in [1.82, 2.24) is 45.8 Å². The van der Waals surface area contributed by atoms with Crippen LogP contribution < -0.4 is 38.5 Å². The Morgan fingerprint density at radius 1 is 0.519 bits per heavy atom. The predicted octanol–water partition coefficient (Wildman–Crippen LogP) is -7.78. The van der Waals surface area contributed by atoms with Crippen molar-refractivity contribution in [3.63, 3.8) is 0 Å². The van der Waals surface area contributed by atoms with Gasteiger partial charge in [-0.15, -0.1) is 0 Å². The monoisotopic (exact) mass is 1100 g/mol. The summed E-state index contributed by atoms with van der Waals surface area (Å²) in [7, 11) is 0. The molecule has 5 aliphatic heterocycles. The summed E-state index contributed by atoms with van der Waals surface area (Å²) in [6.45, 7) is 1.09. The second-order valence-corrected chi connectivity index (χ2v) is 20.8. The molecular formula is C48H80N12O17. The number of aliphatic hydroxyl groups is 6. The molecule has 0 radical (unpaired) electrons. The molecule has 0 unspecified atom stereocenters. The highest BCUT2D eigenvalue weighted by Crippen LogP contribution is 2.29. The summed E-state index contributed by atoms with van der Waals surface area (Å²) in [5.74, 6) is -8.86. The van der Waals surface area contributed by atoms with Crippen LogP contribution >= 0.6 is 0 Å². The van der Waals surface area contributed by atoms with E-state index >= 15 is 0 Å². The smallest absolute Gasteiger partial charge is 0.326 e. The molecule has 0 aromatic heterocycles. The van der Waals surface area contributed by atoms with Gasteiger partial charge >= 0.3 is 5.97 Å². The first kappa shape index (κ1) is 62.2. The Bertz CT molecular complexity index is 2140. The first-order valence-electron chi connectivity index (χ1n) is 26.6. The molecule has 434 valence electrons. The number of carbonyl (C=O) groups is 10. The second kappa shape index (κ2) is 28.3. The largest absolute Gasteiger partial charge is 0.480 e. The number of amides is 9. The van der Waals surface area contributed by atoms with Crippen LogP contribution in [0.3, 0.4) is 0 Å². The molecule has 17 N–H and O–H groups in total. The Balaban J connectivity index is 1.27. The highest BCUT2D eigenvalue weighted by atomic mass is 16.4. The van der Waals surface area contributed by atoms with Gasteiger partial charge in [-0.25, -0.2) is 4.79 Å². The van der Waals surface area contributed by atoms with E-state index in [1.54, 1.807) is 0 Å². The molecule has 15 atom stereocenters. The van der Waals surface area contributed by atoms with Crippen molar-refractivity contribution in [1.29, 1.82) is 0 Å². The molecule has 5 fully saturated rings. The van der Waals surface area contributed by atoms with Gasteiger partial charge in [-0.3, -0.25) is 43.2 Å². The topological polar surface area (TPSA) is 455 Å². The lowest BCUT2D eigenvalue weighted by Gasteiger charge is -2.34. The number of rotatable bonds is 25. The average Bonchev–Trinajstić information content (AvgIpc) is 4.26. The maximum absolute atomic E-state index is 14.6. The zero-order valence-electron chi connectivity index (χ0n) is 43.7. The summed E-state index contributed by atoms with van der Waals surface area (Å²) in [4.78, 5) is 143. The number of nitrogens with zero attached hydrogens (tertiary/aromatic N) is 5. The third kappa shape index (κ3) is 15.3. The number of likely N-dealkylation sites (tertiary alicyclic amines) is 5. The van der Waals surface area contributed by atoms with Crippen molar-refractivity contribution in [2.45, 2.75) is 188 Å². The Morgan fingerprint density at radius 2 is 0.935 bits per heavy atom. The molecule has 0 spiro atoms. The maximum Gasteiger partial charge on any atom is 0.326 e. The fraction of sp³-hybridized carbons (Fsp3) is 0.792. The standard InChI is InChI=1S/C48H80N12O17/c1-24(62)37(51)46(74)60-22-28(66)18-35(60)41(69)54-31(23-61)44(72)58-20-26(64)17-34(58)40(68)52-29(9-3-5-13-49)43(71)57-16-8-12-33(57)45(73)59-21-27(65)19-36(59)42(70)55-38(25(2)63)47(75)56-15-7-11-32(56)39(67)53-30(48(76)77)10-4-6-14-50/h24-38,61-66H,3-23,49-51H2,1-2H3,(H,52,68)(H,53,67)(H,54,69)(H,55,70)(H,76,77)/t24-,25-,26-,27-,28-,29+,30+,31+,32+,33+,34+,35+,36+,37+,38+/m1/s1. The van der Waals surface area contributed by atoms with E-state index in [0.29, 0.717) is 45.1 Å². The number of nitrogens with one attached hydrogen (secondary N) is 4. The number of hydrogen-bond donors (Lipinski definition) is 14. The van der Waals surface area contributed by atoms with Crippen molar-refractivity contribution in [2.75, 3.05) is 52.4 Å². The van der Waals surface area contributed by atoms with Gasteiger partial charge in [-0.1, -0.05) is 0 Å². The van der Waals surface area contributed by atoms with Gasteiger partial charge in [0.2, 0.25) is 53.2 Å². The van der Waals surface area contributed by atoms with Gasteiger partial charge in [0, 0.05) is 52.0 Å². The van der Waals surface area contributed by atoms with Crippen LogP contribution in [0.2, 0.25) is 0 Å². The molecule has 0 bridgehead atoms. The summed E-state index contributed by atoms with van der Waals surface area (Å²) < 4.78 is 0. The lowest BCUT2D eigenvalue weighted by molar-refractivity contribution is -0.149. The van der Waals surface area contributed by atoms with E-state index in [4.69, 9.17) is 17.2 Å². The molecule has 29 nitrogen and oxygen atoms in total. The van der Waals surface area contributed by atoms with Crippen molar-refractivity contribution < 1.29 is 83.7 Å². The highest BCUT2D eigenvalue weighted by molar-refractivity contribution is 5.99. The molecule has 29 heteroatoms. The molecule has 0 aromatic carbocycles. The van der Waals surface area contributed by atoms with Crippen LogP contribution in [0, 0.1) is 0 Å². The van der Waals surface area contributed by atoms with Crippen LogP contribution in [0.5, 0.6) is 0 Å². The molecule has 9 amide bonds. The van der Waals surface area contributed by atoms with Gasteiger partial charge in [0.05, 0.1) is 37.1 Å². The van der Waals surface area contributed by atoms with E-state index in [1.807, 2.05) is 0 Å². The third-order valence-corrected chi connectivity index (χ3v) is 15.0. The van der Waals surface area contributed by atoms with E-state index in [2.05, 4.69) is 21.3 Å². The molecule has 5 heterocycles. The molecule has 0 aliphatic carbocycles. The number of aliphatic carboxylic acids is 1. The minimum Gasteiger partial charge on any atom is -0.480 e. The normalized spacial score (nSPS) is 27.1. The molecule has 77 heavy (non-hydrogen) atoms. The van der Waals surface area contributed by atoms with Gasteiger partial charge < -0.3 is 98.7 Å². The fourth-order valence-electron chi connectivity index (χ4n) is 10.8. The zero-order chi connectivity index (χ0) is 57.0. The Hall–Kier alpha value is -5.66. The van der Waals surface area contributed by atoms with Gasteiger partial charge in [0.1, 0.15) is 60.4 Å². The maximum atomic E-state index is 14.6. The van der Waals surface area contributed by atoms with Crippen LogP contribution in [-0.4, -0.2) is 263 Å². The van der Waals surface area contributed by atoms with Gasteiger partial charge in [-0.05, 0) is 91.1 Å². The van der Waals surface area contributed by atoms with E-state index in [0.717, 1.165) is 19.6 Å². The second-order valence-electron chi connectivity index (χ2n) is 20.8. The van der Waals surface area contributed by atoms with Gasteiger partial charge in [0.25, 0.3) is 0 Å². The average molecular weight is 1100 g/mol. The van der Waals surface area contributed by atoms with Crippen LogP contribution in [0.15, 0.2) is 0 Å². The van der Waals surface area contributed by atoms with Crippen molar-refractivity contribution in [3.05, 3.63) is 0 Å². The molecule has 5 saturated heterocycles. The molecule has 5 aliphatic rings. The highest BCUT2D eigenvalue weighted by Gasteiger charge is 2.49. The summed E-state index contributed by atoms with van der Waals surface area (Å²) >= 11 is 0. The van der Waals surface area contributed by atoms with Crippen LogP contribution in [0.4, 0.5) is 0 Å². The van der Waals surface area contributed by atoms with E-state index in [9.17, 15) is 83.7 Å². The van der Waals surface area contributed by atoms with Crippen molar-refractivity contribution in [2.24, 2.45) is 17.2 Å². The SMILES string of the molecule is C[C@@H](O)[C@H](N)C(=O)N1C[C@H](O)C[C@H]1C(=O)N[C@@H](CO)C(=O)N1C[C@H](O)C[C@H]1C(=O)N[C@@H](CCCCN)C(=O)N1CCC[C@H]1C(=O)N1C[C@H](O)C[C@H]1C(=O)N[C@H](C(=O)N1CCC[C@H]1C(=O)N[C@@H](CCCCN)C(=O)O)[C@@H](C)O. The number of carboxylic acids is 1. The summed E-state index contributed by atoms with van der Waals surface area (Å²) in [6, 6.07) is -13.8. The Labute approximate surface area is 445 Å². The van der Waals surface area contributed by atoms with Crippen LogP contribution in [0.1, 0.15) is 97.3 Å². The first-order valence-corrected chi connectivity index (χ1v) is 26.6. The zero-order valence-corrected chi connectivity index (χ0v) is 43.7. The fourth-order valence-corrected chi connectivity index (χ4v) is 10.8. The number of aliphatic hydroxyl groups excluding tert-OH is 6. The lowest BCUT2D eigenvalue weighted by atomic mass is 10.0. The van der Waals surface area contributed by atoms with Crippen LogP contribution in [0.25, 0.3) is 0 Å². The van der Waals surface area contributed by atoms with E-state index in [1.165, 1.54) is 18.7 Å². The number of β-amino-alcohol motifs (C(OH)–C–C–N with tert-alkyl or cyclic N) is 3. The van der Waals surface area contributed by atoms with Crippen molar-refractivity contribution in [3.8, 4) is 0 Å². The molecule has 0 saturated carbocycles. The van der Waals surface area contributed by atoms with Gasteiger partial charge in [0.15, 0.2) is 0 Å². The Kier molecular flexibility index (Phi) is 22.8. The number of unbranched alkanes of at least 4 members (excludes halogenated alkanes) is 2. The Morgan fingerprint density at radius 3 is 1.43 bits per heavy atom. The summed E-state index contributed by atoms with van der Waals surface area (Å²) in [5.41, 5.74) is 17.1. The van der Waals surface area contributed by atoms with E-state index in [-0.39, 0.29) is 77.7 Å². The van der Waals surface area contributed by atoms with Crippen LogP contribution in [-0.2, 0) is 47.9 Å². The van der Waals surface area contributed by atoms with E-state index < -0.39 is 163 Å². The number of carbonyl (C=O) groups excluding carboxylic acids is 9. The molecule has 0 aromatic rings. The predicted molar refractivity (Wildman–Crippen MR) is 267 cm³/mol. The summed E-state index contributed by atoms with van der Waals surface area (Å²) in [6.07, 6.45) is -4.53. The van der Waals surface area contributed by atoms with Crippen molar-refractivity contribution >= 4 is 59.1 Å². The number of carboxylic acid groups (broad SMARTS) is 1.